The predicted octanol–water partition coefficient (Wildman–Crippen LogP) is 1.19. The maximum atomic E-state index is 4.28. The Labute approximate surface area is 93.1 Å². The molecule has 2 unspecified atom stereocenters. The van der Waals surface area contributed by atoms with Crippen molar-refractivity contribution in [2.75, 3.05) is 45.5 Å². The van der Waals surface area contributed by atoms with Gasteiger partial charge in [-0.05, 0) is 50.6 Å². The molecule has 2 rings (SSSR count). The molecule has 0 aliphatic carbocycles. The van der Waals surface area contributed by atoms with Crippen LogP contribution in [0.5, 0.6) is 0 Å². The van der Waals surface area contributed by atoms with E-state index in [1.807, 2.05) is 0 Å². The molecule has 2 nitrogen and oxygen atoms in total. The van der Waals surface area contributed by atoms with Crippen molar-refractivity contribution in [3.05, 3.63) is 0 Å². The summed E-state index contributed by atoms with van der Waals surface area (Å²) in [4.78, 5) is 5.13. The molecule has 3 heteroatoms. The molecule has 2 aliphatic rings. The number of likely N-dealkylation sites (tertiary alicyclic amines) is 2. The van der Waals surface area contributed by atoms with E-state index >= 15 is 0 Å². The van der Waals surface area contributed by atoms with Crippen LogP contribution in [0.1, 0.15) is 12.8 Å². The number of nitrogens with zero attached hydrogens (tertiary/aromatic N) is 2. The van der Waals surface area contributed by atoms with Crippen LogP contribution in [0.25, 0.3) is 0 Å². The van der Waals surface area contributed by atoms with Gasteiger partial charge in [-0.25, -0.2) is 0 Å². The lowest BCUT2D eigenvalue weighted by atomic mass is 9.89. The van der Waals surface area contributed by atoms with Crippen molar-refractivity contribution in [3.63, 3.8) is 0 Å². The van der Waals surface area contributed by atoms with E-state index in [1.165, 1.54) is 45.6 Å². The normalized spacial score (nSPS) is 34.7. The summed E-state index contributed by atoms with van der Waals surface area (Å²) in [5, 5.41) is 0. The van der Waals surface area contributed by atoms with E-state index in [9.17, 15) is 0 Å². The van der Waals surface area contributed by atoms with Crippen molar-refractivity contribution < 1.29 is 0 Å². The van der Waals surface area contributed by atoms with Gasteiger partial charge in [-0.2, -0.15) is 12.6 Å². The molecule has 0 bridgehead atoms. The van der Waals surface area contributed by atoms with Gasteiger partial charge in [-0.15, -0.1) is 0 Å². The standard InChI is InChI=1S/C11H22N2S/c1-12-5-3-10-8-13(4-2-6-14)9-11(10)7-12/h10-11,14H,2-9H2,1H3. The number of fused-ring (bicyclic) bond motifs is 1. The highest BCUT2D eigenvalue weighted by Gasteiger charge is 2.35. The predicted molar refractivity (Wildman–Crippen MR) is 64.0 cm³/mol. The first kappa shape index (κ1) is 10.8. The van der Waals surface area contributed by atoms with Crippen molar-refractivity contribution >= 4 is 12.6 Å². The topological polar surface area (TPSA) is 6.48 Å². The minimum Gasteiger partial charge on any atom is -0.306 e. The second-order valence-corrected chi connectivity index (χ2v) is 5.36. The maximum absolute atomic E-state index is 4.28. The third kappa shape index (κ3) is 2.44. The Morgan fingerprint density at radius 3 is 2.79 bits per heavy atom. The van der Waals surface area contributed by atoms with Gasteiger partial charge in [0.15, 0.2) is 0 Å². The lowest BCUT2D eigenvalue weighted by Crippen LogP contribution is -2.37. The molecule has 2 atom stereocenters. The summed E-state index contributed by atoms with van der Waals surface area (Å²) in [6.45, 7) is 6.58. The van der Waals surface area contributed by atoms with Crippen molar-refractivity contribution in [1.82, 2.24) is 9.80 Å². The molecule has 0 saturated carbocycles. The third-order valence-electron chi connectivity index (χ3n) is 3.71. The zero-order valence-electron chi connectivity index (χ0n) is 9.15. The van der Waals surface area contributed by atoms with Crippen LogP contribution in [0.15, 0.2) is 0 Å². The average Bonchev–Trinajstić information content (AvgIpc) is 2.56. The largest absolute Gasteiger partial charge is 0.306 e. The lowest BCUT2D eigenvalue weighted by Gasteiger charge is -2.31. The van der Waals surface area contributed by atoms with Gasteiger partial charge in [0.05, 0.1) is 0 Å². The second-order valence-electron chi connectivity index (χ2n) is 4.91. The summed E-state index contributed by atoms with van der Waals surface area (Å²) < 4.78 is 0. The Morgan fingerprint density at radius 1 is 1.21 bits per heavy atom. The highest BCUT2D eigenvalue weighted by Crippen LogP contribution is 2.30. The van der Waals surface area contributed by atoms with Crippen LogP contribution in [-0.4, -0.2) is 55.3 Å². The molecular weight excluding hydrogens is 192 g/mol. The van der Waals surface area contributed by atoms with Crippen LogP contribution < -0.4 is 0 Å². The summed E-state index contributed by atoms with van der Waals surface area (Å²) >= 11 is 4.28. The van der Waals surface area contributed by atoms with Gasteiger partial charge in [-0.1, -0.05) is 0 Å². The van der Waals surface area contributed by atoms with Gasteiger partial charge in [0.25, 0.3) is 0 Å². The van der Waals surface area contributed by atoms with Gasteiger partial charge >= 0.3 is 0 Å². The van der Waals surface area contributed by atoms with Gasteiger partial charge < -0.3 is 9.80 Å². The summed E-state index contributed by atoms with van der Waals surface area (Å²) in [5.74, 6) is 2.98. The minimum atomic E-state index is 0.952. The maximum Gasteiger partial charge on any atom is 0.00252 e. The molecule has 14 heavy (non-hydrogen) atoms. The zero-order chi connectivity index (χ0) is 9.97. The van der Waals surface area contributed by atoms with Crippen molar-refractivity contribution in [3.8, 4) is 0 Å². The van der Waals surface area contributed by atoms with Crippen molar-refractivity contribution in [2.24, 2.45) is 11.8 Å². The summed E-state index contributed by atoms with van der Waals surface area (Å²) in [5.41, 5.74) is 0. The number of hydrogen-bond acceptors (Lipinski definition) is 3. The molecule has 2 heterocycles. The van der Waals surface area contributed by atoms with E-state index in [0.29, 0.717) is 0 Å². The summed E-state index contributed by atoms with van der Waals surface area (Å²) in [7, 11) is 2.26. The molecule has 2 aliphatic heterocycles. The molecular formula is C11H22N2S. The zero-order valence-corrected chi connectivity index (χ0v) is 10.0. The number of rotatable bonds is 3. The van der Waals surface area contributed by atoms with Gasteiger partial charge in [0.1, 0.15) is 0 Å². The van der Waals surface area contributed by atoms with E-state index in [4.69, 9.17) is 0 Å². The Bertz CT molecular complexity index is 186. The van der Waals surface area contributed by atoms with E-state index in [-0.39, 0.29) is 0 Å². The monoisotopic (exact) mass is 214 g/mol. The molecule has 0 N–H and O–H groups in total. The van der Waals surface area contributed by atoms with Crippen LogP contribution in [0.2, 0.25) is 0 Å². The molecule has 0 aromatic heterocycles. The lowest BCUT2D eigenvalue weighted by molar-refractivity contribution is 0.178. The van der Waals surface area contributed by atoms with Gasteiger partial charge in [0.2, 0.25) is 0 Å². The molecule has 2 saturated heterocycles. The smallest absolute Gasteiger partial charge is 0.00252 e. The first-order valence-corrected chi connectivity index (χ1v) is 6.44. The van der Waals surface area contributed by atoms with Crippen LogP contribution >= 0.6 is 12.6 Å². The third-order valence-corrected chi connectivity index (χ3v) is 4.03. The Hall–Kier alpha value is 0.270. The fraction of sp³-hybridized carbons (Fsp3) is 1.00. The summed E-state index contributed by atoms with van der Waals surface area (Å²) in [6.07, 6.45) is 2.66. The number of thiol groups is 1. The second kappa shape index (κ2) is 4.86. The Balaban J connectivity index is 1.80. The van der Waals surface area contributed by atoms with Crippen LogP contribution in [0, 0.1) is 11.8 Å². The molecule has 0 radical (unpaired) electrons. The SMILES string of the molecule is CN1CCC2CN(CCCS)CC2C1. The van der Waals surface area contributed by atoms with Crippen molar-refractivity contribution in [2.45, 2.75) is 12.8 Å². The van der Waals surface area contributed by atoms with E-state index < -0.39 is 0 Å². The summed E-state index contributed by atoms with van der Waals surface area (Å²) in [6, 6.07) is 0. The van der Waals surface area contributed by atoms with E-state index in [2.05, 4.69) is 29.5 Å². The quantitative estimate of drug-likeness (QED) is 0.705. The average molecular weight is 214 g/mol. The molecule has 0 spiro atoms. The van der Waals surface area contributed by atoms with Crippen LogP contribution in [0.3, 0.4) is 0 Å². The van der Waals surface area contributed by atoms with Crippen LogP contribution in [0.4, 0.5) is 0 Å². The van der Waals surface area contributed by atoms with Crippen molar-refractivity contribution in [1.29, 1.82) is 0 Å². The highest BCUT2D eigenvalue weighted by atomic mass is 32.1. The molecule has 82 valence electrons. The Morgan fingerprint density at radius 2 is 2.00 bits per heavy atom. The molecule has 0 aromatic carbocycles. The van der Waals surface area contributed by atoms with E-state index in [0.717, 1.165) is 17.6 Å². The molecule has 0 amide bonds. The minimum absolute atomic E-state index is 0.952. The van der Waals surface area contributed by atoms with Gasteiger partial charge in [0, 0.05) is 19.6 Å². The number of piperidine rings is 1. The molecule has 2 fully saturated rings. The Kier molecular flexibility index (Phi) is 3.74. The fourth-order valence-corrected chi connectivity index (χ4v) is 3.07. The first-order chi connectivity index (χ1) is 6.79. The molecule has 0 aromatic rings. The number of hydrogen-bond donors (Lipinski definition) is 1. The van der Waals surface area contributed by atoms with Crippen LogP contribution in [-0.2, 0) is 0 Å². The first-order valence-electron chi connectivity index (χ1n) is 5.81. The fourth-order valence-electron chi connectivity index (χ4n) is 2.92. The highest BCUT2D eigenvalue weighted by molar-refractivity contribution is 7.80. The van der Waals surface area contributed by atoms with E-state index in [1.54, 1.807) is 0 Å². The van der Waals surface area contributed by atoms with Gasteiger partial charge in [-0.3, -0.25) is 0 Å².